The Morgan fingerprint density at radius 3 is 1.72 bits per heavy atom. The first kappa shape index (κ1) is 14.9. The molecule has 0 heterocycles. The molecular weight excluding hydrogens is 218 g/mol. The van der Waals surface area contributed by atoms with Crippen molar-refractivity contribution in [3.05, 3.63) is 36.2 Å². The fourth-order valence-electron chi connectivity index (χ4n) is 1.72. The molecule has 0 bridgehead atoms. The van der Waals surface area contributed by atoms with Crippen molar-refractivity contribution < 1.29 is 0 Å². The lowest BCUT2D eigenvalue weighted by Crippen LogP contribution is -2.16. The molecule has 0 saturated carbocycles. The topological polar surface area (TPSA) is 12.4 Å². The maximum Gasteiger partial charge on any atom is 0.0631 e. The Hall–Kier alpha value is -1.11. The van der Waals surface area contributed by atoms with Crippen LogP contribution in [-0.4, -0.2) is 6.21 Å². The summed E-state index contributed by atoms with van der Waals surface area (Å²) in [5.41, 5.74) is 4.01. The molecule has 0 aromatic heterocycles. The first-order valence-electron chi connectivity index (χ1n) is 6.62. The van der Waals surface area contributed by atoms with Gasteiger partial charge < -0.3 is 0 Å². The third-order valence-corrected chi connectivity index (χ3v) is 3.02. The van der Waals surface area contributed by atoms with E-state index in [1.54, 1.807) is 0 Å². The first-order valence-corrected chi connectivity index (χ1v) is 6.62. The molecule has 0 saturated heterocycles. The van der Waals surface area contributed by atoms with E-state index in [1.165, 1.54) is 11.1 Å². The zero-order chi connectivity index (χ0) is 14.0. The molecule has 0 N–H and O–H groups in total. The number of nitrogens with zero attached hydrogens (tertiary/aromatic N) is 1. The Morgan fingerprint density at radius 1 is 0.944 bits per heavy atom. The van der Waals surface area contributed by atoms with Crippen molar-refractivity contribution in [2.45, 2.75) is 58.8 Å². The van der Waals surface area contributed by atoms with Crippen molar-refractivity contribution in [2.24, 2.45) is 4.99 Å². The van der Waals surface area contributed by atoms with E-state index in [4.69, 9.17) is 0 Å². The molecule has 0 spiro atoms. The fourth-order valence-corrected chi connectivity index (χ4v) is 1.72. The molecule has 1 rings (SSSR count). The molecule has 99 valence electrons. The van der Waals surface area contributed by atoms with Crippen LogP contribution in [0.5, 0.6) is 0 Å². The van der Waals surface area contributed by atoms with Gasteiger partial charge in [-0.2, -0.15) is 0 Å². The van der Waals surface area contributed by atoms with Crippen molar-refractivity contribution in [2.75, 3.05) is 0 Å². The van der Waals surface area contributed by atoms with E-state index in [-0.39, 0.29) is 10.8 Å². The largest absolute Gasteiger partial charge is 0.261 e. The summed E-state index contributed by atoms with van der Waals surface area (Å²) >= 11 is 0. The molecule has 0 aliphatic heterocycles. The molecular formula is C17H26N. The van der Waals surface area contributed by atoms with E-state index >= 15 is 0 Å². The van der Waals surface area contributed by atoms with Gasteiger partial charge in [0.15, 0.2) is 0 Å². The van der Waals surface area contributed by atoms with Crippen molar-refractivity contribution in [1.29, 1.82) is 0 Å². The summed E-state index contributed by atoms with van der Waals surface area (Å²) < 4.78 is 0. The van der Waals surface area contributed by atoms with Gasteiger partial charge in [-0.3, -0.25) is 4.99 Å². The monoisotopic (exact) mass is 244 g/mol. The fraction of sp³-hybridized carbons (Fsp3) is 0.529. The third-order valence-electron chi connectivity index (χ3n) is 3.02. The standard InChI is InChI=1S/C17H26N/c1-8-9-18-15-11-13(16(2,3)4)10-14(12-15)17(5,6)7/h9-12H,1,8H2,2-7H3. The Labute approximate surface area is 112 Å². The maximum absolute atomic E-state index is 4.49. The number of rotatable bonds is 2. The van der Waals surface area contributed by atoms with Crippen LogP contribution in [0.1, 0.15) is 59.1 Å². The minimum absolute atomic E-state index is 0.149. The van der Waals surface area contributed by atoms with Gasteiger partial charge in [0.2, 0.25) is 0 Å². The van der Waals surface area contributed by atoms with E-state index in [9.17, 15) is 0 Å². The summed E-state index contributed by atoms with van der Waals surface area (Å²) in [6.07, 6.45) is 2.60. The minimum Gasteiger partial charge on any atom is -0.261 e. The Balaban J connectivity index is 3.34. The van der Waals surface area contributed by atoms with Crippen LogP contribution in [0.25, 0.3) is 0 Å². The van der Waals surface area contributed by atoms with Gasteiger partial charge in [0.05, 0.1) is 5.69 Å². The highest BCUT2D eigenvalue weighted by molar-refractivity contribution is 5.64. The second-order valence-electron chi connectivity index (χ2n) is 6.87. The molecule has 0 unspecified atom stereocenters. The summed E-state index contributed by atoms with van der Waals surface area (Å²) in [5, 5.41) is 0. The van der Waals surface area contributed by atoms with Crippen LogP contribution in [-0.2, 0) is 10.8 Å². The normalized spacial score (nSPS) is 13.3. The van der Waals surface area contributed by atoms with Crippen LogP contribution in [0.4, 0.5) is 5.69 Å². The second kappa shape index (κ2) is 5.26. The molecule has 18 heavy (non-hydrogen) atoms. The van der Waals surface area contributed by atoms with Crippen LogP contribution in [0.15, 0.2) is 23.2 Å². The Morgan fingerprint density at radius 2 is 1.39 bits per heavy atom. The SMILES string of the molecule is [CH2]CC=Nc1cc(C(C)(C)C)cc(C(C)(C)C)c1. The highest BCUT2D eigenvalue weighted by Crippen LogP contribution is 2.32. The van der Waals surface area contributed by atoms with Crippen LogP contribution in [0, 0.1) is 6.92 Å². The van der Waals surface area contributed by atoms with E-state index in [1.807, 2.05) is 6.21 Å². The van der Waals surface area contributed by atoms with E-state index < -0.39 is 0 Å². The zero-order valence-corrected chi connectivity index (χ0v) is 12.7. The number of aliphatic imine (C=N–C) groups is 1. The van der Waals surface area contributed by atoms with Gasteiger partial charge in [-0.15, -0.1) is 0 Å². The zero-order valence-electron chi connectivity index (χ0n) is 12.7. The summed E-state index contributed by atoms with van der Waals surface area (Å²) in [4.78, 5) is 4.49. The quantitative estimate of drug-likeness (QED) is 0.633. The van der Waals surface area contributed by atoms with Crippen molar-refractivity contribution >= 4 is 11.9 Å². The number of hydrogen-bond acceptors (Lipinski definition) is 1. The summed E-state index contributed by atoms with van der Waals surface area (Å²) in [6, 6.07) is 6.67. The first-order chi connectivity index (χ1) is 8.14. The second-order valence-corrected chi connectivity index (χ2v) is 6.87. The average Bonchev–Trinajstić information content (AvgIpc) is 2.23. The predicted molar refractivity (Wildman–Crippen MR) is 82.0 cm³/mol. The molecule has 0 atom stereocenters. The van der Waals surface area contributed by atoms with Gasteiger partial charge in [0, 0.05) is 6.21 Å². The van der Waals surface area contributed by atoms with E-state index in [0.29, 0.717) is 0 Å². The molecule has 0 amide bonds. The van der Waals surface area contributed by atoms with Crippen molar-refractivity contribution in [3.63, 3.8) is 0 Å². The lowest BCUT2D eigenvalue weighted by atomic mass is 9.80. The highest BCUT2D eigenvalue weighted by atomic mass is 14.7. The average molecular weight is 244 g/mol. The van der Waals surface area contributed by atoms with Crippen molar-refractivity contribution in [3.8, 4) is 0 Å². The molecule has 0 fully saturated rings. The number of benzene rings is 1. The van der Waals surface area contributed by atoms with Crippen molar-refractivity contribution in [1.82, 2.24) is 0 Å². The summed E-state index contributed by atoms with van der Waals surface area (Å²) in [5.74, 6) is 0. The minimum atomic E-state index is 0.149. The van der Waals surface area contributed by atoms with Gasteiger partial charge in [-0.1, -0.05) is 47.6 Å². The third kappa shape index (κ3) is 3.97. The van der Waals surface area contributed by atoms with Gasteiger partial charge in [0.25, 0.3) is 0 Å². The molecule has 0 aliphatic rings. The summed E-state index contributed by atoms with van der Waals surface area (Å²) in [7, 11) is 0. The van der Waals surface area contributed by atoms with Crippen LogP contribution in [0.2, 0.25) is 0 Å². The highest BCUT2D eigenvalue weighted by Gasteiger charge is 2.20. The molecule has 1 radical (unpaired) electrons. The van der Waals surface area contributed by atoms with Gasteiger partial charge >= 0.3 is 0 Å². The molecule has 1 aromatic rings. The van der Waals surface area contributed by atoms with E-state index in [2.05, 4.69) is 71.7 Å². The van der Waals surface area contributed by atoms with Gasteiger partial charge in [0.1, 0.15) is 0 Å². The Bertz CT molecular complexity index is 396. The molecule has 1 nitrogen and oxygen atoms in total. The molecule has 1 heteroatoms. The van der Waals surface area contributed by atoms with Crippen LogP contribution >= 0.6 is 0 Å². The van der Waals surface area contributed by atoms with Gasteiger partial charge in [-0.05, 0) is 47.4 Å². The predicted octanol–water partition coefficient (Wildman–Crippen LogP) is 5.21. The summed E-state index contributed by atoms with van der Waals surface area (Å²) in [6.45, 7) is 17.2. The lowest BCUT2D eigenvalue weighted by molar-refractivity contribution is 0.569. The Kier molecular flexibility index (Phi) is 4.37. The van der Waals surface area contributed by atoms with Gasteiger partial charge in [-0.25, -0.2) is 0 Å². The molecule has 0 aliphatic carbocycles. The maximum atomic E-state index is 4.49. The number of hydrogen-bond donors (Lipinski definition) is 0. The van der Waals surface area contributed by atoms with E-state index in [0.717, 1.165) is 12.1 Å². The van der Waals surface area contributed by atoms with Crippen LogP contribution < -0.4 is 0 Å². The van der Waals surface area contributed by atoms with Crippen LogP contribution in [0.3, 0.4) is 0 Å². The smallest absolute Gasteiger partial charge is 0.0631 e. The lowest BCUT2D eigenvalue weighted by Gasteiger charge is -2.25. The molecule has 1 aromatic carbocycles.